The highest BCUT2D eigenvalue weighted by Gasteiger charge is 2.23. The minimum absolute atomic E-state index is 0.0914. The van der Waals surface area contributed by atoms with Gasteiger partial charge in [-0.3, -0.25) is 4.79 Å². The van der Waals surface area contributed by atoms with E-state index >= 15 is 0 Å². The maximum absolute atomic E-state index is 13.1. The summed E-state index contributed by atoms with van der Waals surface area (Å²) in [5.41, 5.74) is 2.14. The predicted octanol–water partition coefficient (Wildman–Crippen LogP) is 5.70. The third-order valence-electron chi connectivity index (χ3n) is 5.37. The van der Waals surface area contributed by atoms with Gasteiger partial charge in [0.25, 0.3) is 0 Å². The Morgan fingerprint density at radius 3 is 2.28 bits per heavy atom. The van der Waals surface area contributed by atoms with Crippen LogP contribution in [0.5, 0.6) is 5.75 Å². The summed E-state index contributed by atoms with van der Waals surface area (Å²) in [4.78, 5) is 27.7. The van der Waals surface area contributed by atoms with Gasteiger partial charge in [0.2, 0.25) is 5.91 Å². The fourth-order valence-corrected chi connectivity index (χ4v) is 3.62. The first-order valence-corrected chi connectivity index (χ1v) is 12.3. The van der Waals surface area contributed by atoms with E-state index < -0.39 is 0 Å². The van der Waals surface area contributed by atoms with Crippen LogP contribution in [0.2, 0.25) is 0 Å². The number of hydrogen-bond acceptors (Lipinski definition) is 4. The molecule has 2 N–H and O–H groups in total. The van der Waals surface area contributed by atoms with Crippen molar-refractivity contribution in [1.29, 1.82) is 0 Å². The maximum atomic E-state index is 13.1. The number of nitrogens with zero attached hydrogens (tertiary/aromatic N) is 3. The molecule has 0 aliphatic carbocycles. The molecule has 1 heterocycles. The molecule has 3 rings (SSSR count). The normalized spacial score (nSPS) is 11.3. The molecule has 0 saturated carbocycles. The van der Waals surface area contributed by atoms with Crippen LogP contribution in [0.15, 0.2) is 60.7 Å². The topological polar surface area (TPSA) is 88.5 Å². The summed E-state index contributed by atoms with van der Waals surface area (Å²) in [7, 11) is 0. The average Bonchev–Trinajstić information content (AvgIpc) is 3.24. The van der Waals surface area contributed by atoms with E-state index in [9.17, 15) is 9.59 Å². The first-order valence-electron chi connectivity index (χ1n) is 12.3. The smallest absolute Gasteiger partial charge is 0.322 e. The fourth-order valence-electron chi connectivity index (χ4n) is 3.62. The molecule has 1 aromatic heterocycles. The number of para-hydroxylation sites is 1. The molecule has 0 saturated heterocycles. The molecule has 8 heteroatoms. The van der Waals surface area contributed by atoms with Crippen molar-refractivity contribution in [3.63, 3.8) is 0 Å². The molecule has 192 valence electrons. The Kier molecular flexibility index (Phi) is 8.74. The first-order chi connectivity index (χ1) is 17.1. The molecule has 0 atom stereocenters. The van der Waals surface area contributed by atoms with E-state index in [0.717, 1.165) is 17.1 Å². The number of ether oxygens (including phenoxy) is 1. The molecule has 2 aromatic carbocycles. The molecule has 3 aromatic rings. The highest BCUT2D eigenvalue weighted by molar-refractivity contribution is 5.96. The molecule has 0 aliphatic heterocycles. The van der Waals surface area contributed by atoms with E-state index in [-0.39, 0.29) is 29.8 Å². The average molecular weight is 492 g/mol. The molecule has 0 aliphatic rings. The lowest BCUT2D eigenvalue weighted by Crippen LogP contribution is -2.42. The number of anilines is 2. The molecule has 36 heavy (non-hydrogen) atoms. The Bertz CT molecular complexity index is 1150. The van der Waals surface area contributed by atoms with Crippen molar-refractivity contribution >= 4 is 23.4 Å². The maximum Gasteiger partial charge on any atom is 0.322 e. The molecule has 0 fully saturated rings. The zero-order valence-electron chi connectivity index (χ0n) is 22.0. The number of urea groups is 1. The van der Waals surface area contributed by atoms with Crippen molar-refractivity contribution in [2.24, 2.45) is 5.92 Å². The standard InChI is InChI=1S/C28H37N5O3/c1-7-36-23-15-13-21(14-16-23)29-27(35)32(18-20(2)3)19-26(34)30-25-17-24(28(4,5)6)31-33(25)22-11-9-8-10-12-22/h8-17,20H,7,18-19H2,1-6H3,(H,29,35)(H,30,34). The van der Waals surface area contributed by atoms with Crippen LogP contribution in [-0.4, -0.2) is 46.3 Å². The Labute approximate surface area is 213 Å². The Morgan fingerprint density at radius 2 is 1.69 bits per heavy atom. The van der Waals surface area contributed by atoms with Gasteiger partial charge in [0.05, 0.1) is 18.0 Å². The Balaban J connectivity index is 1.76. The van der Waals surface area contributed by atoms with Crippen LogP contribution in [0.4, 0.5) is 16.3 Å². The third-order valence-corrected chi connectivity index (χ3v) is 5.37. The second-order valence-electron chi connectivity index (χ2n) is 10.1. The SMILES string of the molecule is CCOc1ccc(NC(=O)N(CC(=O)Nc2cc(C(C)(C)C)nn2-c2ccccc2)CC(C)C)cc1. The van der Waals surface area contributed by atoms with Crippen molar-refractivity contribution in [2.75, 3.05) is 30.3 Å². The van der Waals surface area contributed by atoms with Gasteiger partial charge < -0.3 is 20.3 Å². The Morgan fingerprint density at radius 1 is 1.03 bits per heavy atom. The second-order valence-corrected chi connectivity index (χ2v) is 10.1. The summed E-state index contributed by atoms with van der Waals surface area (Å²) in [6, 6.07) is 18.4. The zero-order valence-corrected chi connectivity index (χ0v) is 22.0. The molecule has 0 spiro atoms. The monoisotopic (exact) mass is 491 g/mol. The number of nitrogens with one attached hydrogen (secondary N) is 2. The van der Waals surface area contributed by atoms with E-state index in [4.69, 9.17) is 9.84 Å². The first kappa shape index (κ1) is 26.8. The van der Waals surface area contributed by atoms with Crippen molar-refractivity contribution in [3.05, 3.63) is 66.4 Å². The Hall–Kier alpha value is -3.81. The van der Waals surface area contributed by atoms with Crippen molar-refractivity contribution in [3.8, 4) is 11.4 Å². The van der Waals surface area contributed by atoms with Crippen molar-refractivity contribution in [1.82, 2.24) is 14.7 Å². The number of hydrogen-bond donors (Lipinski definition) is 2. The zero-order chi connectivity index (χ0) is 26.3. The van der Waals surface area contributed by atoms with E-state index in [2.05, 4.69) is 31.4 Å². The summed E-state index contributed by atoms with van der Waals surface area (Å²) < 4.78 is 7.18. The van der Waals surface area contributed by atoms with Crippen LogP contribution in [0, 0.1) is 5.92 Å². The third kappa shape index (κ3) is 7.34. The molecule has 8 nitrogen and oxygen atoms in total. The van der Waals surface area contributed by atoms with Crippen LogP contribution in [-0.2, 0) is 10.2 Å². The number of aromatic nitrogens is 2. The minimum atomic E-state index is -0.338. The second kappa shape index (κ2) is 11.7. The lowest BCUT2D eigenvalue weighted by molar-refractivity contribution is -0.116. The molecule has 0 bridgehead atoms. The van der Waals surface area contributed by atoms with Crippen molar-refractivity contribution in [2.45, 2.75) is 47.0 Å². The number of rotatable bonds is 9. The van der Waals surface area contributed by atoms with Crippen LogP contribution in [0.25, 0.3) is 5.69 Å². The summed E-state index contributed by atoms with van der Waals surface area (Å²) in [5.74, 6) is 1.19. The van der Waals surface area contributed by atoms with E-state index in [0.29, 0.717) is 24.7 Å². The van der Waals surface area contributed by atoms with Gasteiger partial charge in [-0.05, 0) is 49.2 Å². The van der Waals surface area contributed by atoms with Crippen LogP contribution in [0.3, 0.4) is 0 Å². The van der Waals surface area contributed by atoms with E-state index in [1.54, 1.807) is 28.9 Å². The molecule has 0 radical (unpaired) electrons. The largest absolute Gasteiger partial charge is 0.494 e. The molecule has 0 unspecified atom stereocenters. The van der Waals surface area contributed by atoms with Gasteiger partial charge in [-0.25, -0.2) is 9.48 Å². The molecular formula is C28H37N5O3. The summed E-state index contributed by atoms with van der Waals surface area (Å²) in [6.07, 6.45) is 0. The van der Waals surface area contributed by atoms with Gasteiger partial charge in [-0.2, -0.15) is 5.10 Å². The van der Waals surface area contributed by atoms with Gasteiger partial charge >= 0.3 is 6.03 Å². The van der Waals surface area contributed by atoms with Crippen LogP contribution in [0.1, 0.15) is 47.2 Å². The van der Waals surface area contributed by atoms with E-state index in [1.165, 1.54) is 4.90 Å². The van der Waals surface area contributed by atoms with Gasteiger partial charge in [-0.1, -0.05) is 52.8 Å². The lowest BCUT2D eigenvalue weighted by Gasteiger charge is -2.24. The highest BCUT2D eigenvalue weighted by atomic mass is 16.5. The van der Waals surface area contributed by atoms with Crippen LogP contribution < -0.4 is 15.4 Å². The highest BCUT2D eigenvalue weighted by Crippen LogP contribution is 2.26. The van der Waals surface area contributed by atoms with Gasteiger partial charge in [0.15, 0.2) is 0 Å². The number of carbonyl (C=O) groups is 2. The quantitative estimate of drug-likeness (QED) is 0.402. The minimum Gasteiger partial charge on any atom is -0.494 e. The fraction of sp³-hybridized carbons (Fsp3) is 0.393. The summed E-state index contributed by atoms with van der Waals surface area (Å²) >= 11 is 0. The molecule has 3 amide bonds. The number of carbonyl (C=O) groups excluding carboxylic acids is 2. The van der Waals surface area contributed by atoms with Gasteiger partial charge in [-0.15, -0.1) is 0 Å². The van der Waals surface area contributed by atoms with E-state index in [1.807, 2.05) is 57.2 Å². The van der Waals surface area contributed by atoms with Crippen LogP contribution >= 0.6 is 0 Å². The summed E-state index contributed by atoms with van der Waals surface area (Å²) in [6.45, 7) is 13.1. The van der Waals surface area contributed by atoms with Gasteiger partial charge in [0.1, 0.15) is 18.1 Å². The number of benzene rings is 2. The molecular weight excluding hydrogens is 454 g/mol. The van der Waals surface area contributed by atoms with Crippen molar-refractivity contribution < 1.29 is 14.3 Å². The lowest BCUT2D eigenvalue weighted by atomic mass is 9.92. The predicted molar refractivity (Wildman–Crippen MR) is 144 cm³/mol. The summed E-state index contributed by atoms with van der Waals surface area (Å²) in [5, 5.41) is 10.6. The number of amides is 3. The van der Waals surface area contributed by atoms with Gasteiger partial charge in [0, 0.05) is 23.7 Å².